The Bertz CT molecular complexity index is 700. The van der Waals surface area contributed by atoms with Crippen LogP contribution in [-0.2, 0) is 13.0 Å². The lowest BCUT2D eigenvalue weighted by Crippen LogP contribution is -2.24. The van der Waals surface area contributed by atoms with Gasteiger partial charge in [0.25, 0.3) is 5.91 Å². The molecular weight excluding hydrogens is 353 g/mol. The second kappa shape index (κ2) is 8.39. The number of hydrogen-bond donors (Lipinski definition) is 1. The average Bonchev–Trinajstić information content (AvgIpc) is 3.01. The van der Waals surface area contributed by atoms with Crippen molar-refractivity contribution < 1.29 is 18.0 Å². The number of amides is 1. The zero-order valence-electron chi connectivity index (χ0n) is 13.9. The smallest absolute Gasteiger partial charge is 0.320 e. The van der Waals surface area contributed by atoms with E-state index in [9.17, 15) is 18.0 Å². The lowest BCUT2D eigenvalue weighted by Gasteiger charge is -2.15. The van der Waals surface area contributed by atoms with Crippen molar-refractivity contribution in [2.45, 2.75) is 32.5 Å². The summed E-state index contributed by atoms with van der Waals surface area (Å²) in [6.07, 6.45) is -4.16. The summed E-state index contributed by atoms with van der Waals surface area (Å²) in [6, 6.07) is 7.47. The maximum Gasteiger partial charge on any atom is 0.390 e. The van der Waals surface area contributed by atoms with Gasteiger partial charge in [-0.1, -0.05) is 30.4 Å². The number of halogens is 3. The Kier molecular flexibility index (Phi) is 6.49. The molecule has 1 amide bonds. The minimum Gasteiger partial charge on any atom is -0.320 e. The van der Waals surface area contributed by atoms with Crippen LogP contribution in [0.1, 0.15) is 33.7 Å². The van der Waals surface area contributed by atoms with Crippen molar-refractivity contribution in [1.29, 1.82) is 0 Å². The van der Waals surface area contributed by atoms with Crippen molar-refractivity contribution in [3.63, 3.8) is 0 Å². The van der Waals surface area contributed by atoms with E-state index in [1.54, 1.807) is 7.05 Å². The molecule has 0 fully saturated rings. The fourth-order valence-electron chi connectivity index (χ4n) is 2.05. The number of aryl methyl sites for hydroxylation is 1. The topological polar surface area (TPSA) is 58.1 Å². The van der Waals surface area contributed by atoms with Crippen molar-refractivity contribution in [3.05, 3.63) is 39.8 Å². The Labute approximate surface area is 147 Å². The molecule has 5 nitrogen and oxygen atoms in total. The second-order valence-electron chi connectivity index (χ2n) is 5.61. The second-order valence-corrected chi connectivity index (χ2v) is 6.67. The van der Waals surface area contributed by atoms with E-state index in [4.69, 9.17) is 0 Å². The number of aromatic nitrogens is 2. The lowest BCUT2D eigenvalue weighted by molar-refractivity contribution is -0.137. The van der Waals surface area contributed by atoms with Crippen LogP contribution in [0.15, 0.2) is 24.3 Å². The van der Waals surface area contributed by atoms with Crippen molar-refractivity contribution >= 4 is 22.9 Å². The van der Waals surface area contributed by atoms with Crippen LogP contribution in [0.5, 0.6) is 0 Å². The van der Waals surface area contributed by atoms with Gasteiger partial charge in [0.2, 0.25) is 5.01 Å². The molecule has 0 aliphatic rings. The zero-order chi connectivity index (χ0) is 18.4. The zero-order valence-corrected chi connectivity index (χ0v) is 14.7. The van der Waals surface area contributed by atoms with E-state index in [0.717, 1.165) is 23.3 Å². The SMILES string of the molecule is CCc1ccc(NC(=O)c2nnc(CN(C)CCC(F)(F)F)s2)cc1. The van der Waals surface area contributed by atoms with Crippen LogP contribution >= 0.6 is 11.3 Å². The predicted molar refractivity (Wildman–Crippen MR) is 90.7 cm³/mol. The summed E-state index contributed by atoms with van der Waals surface area (Å²) in [6.45, 7) is 2.13. The quantitative estimate of drug-likeness (QED) is 0.804. The summed E-state index contributed by atoms with van der Waals surface area (Å²) in [5.74, 6) is -0.383. The van der Waals surface area contributed by atoms with Crippen molar-refractivity contribution in [2.24, 2.45) is 0 Å². The van der Waals surface area contributed by atoms with Gasteiger partial charge in [0.05, 0.1) is 13.0 Å². The number of carbonyl (C=O) groups is 1. The highest BCUT2D eigenvalue weighted by atomic mass is 32.1. The number of rotatable bonds is 7. The third kappa shape index (κ3) is 6.43. The Balaban J connectivity index is 1.89. The standard InChI is InChI=1S/C16H19F3N4OS/c1-3-11-4-6-12(7-5-11)20-14(24)15-22-21-13(25-15)10-23(2)9-8-16(17,18)19/h4-7H,3,8-10H2,1-2H3,(H,20,24). The molecule has 1 aromatic heterocycles. The van der Waals surface area contributed by atoms with Crippen LogP contribution in [0.4, 0.5) is 18.9 Å². The van der Waals surface area contributed by atoms with E-state index < -0.39 is 12.6 Å². The van der Waals surface area contributed by atoms with E-state index >= 15 is 0 Å². The fourth-order valence-corrected chi connectivity index (χ4v) is 2.86. The lowest BCUT2D eigenvalue weighted by atomic mass is 10.1. The highest BCUT2D eigenvalue weighted by Crippen LogP contribution is 2.20. The fraction of sp³-hybridized carbons (Fsp3) is 0.438. The largest absolute Gasteiger partial charge is 0.390 e. The minimum atomic E-state index is -4.19. The third-order valence-corrected chi connectivity index (χ3v) is 4.37. The number of alkyl halides is 3. The van der Waals surface area contributed by atoms with Crippen LogP contribution < -0.4 is 5.32 Å². The first kappa shape index (κ1) is 19.3. The minimum absolute atomic E-state index is 0.131. The molecule has 1 aromatic carbocycles. The van der Waals surface area contributed by atoms with Gasteiger partial charge < -0.3 is 5.32 Å². The highest BCUT2D eigenvalue weighted by Gasteiger charge is 2.27. The number of anilines is 1. The average molecular weight is 372 g/mol. The van der Waals surface area contributed by atoms with Gasteiger partial charge in [-0.15, -0.1) is 10.2 Å². The number of hydrogen-bond acceptors (Lipinski definition) is 5. The molecule has 0 aliphatic heterocycles. The monoisotopic (exact) mass is 372 g/mol. The van der Waals surface area contributed by atoms with Crippen molar-refractivity contribution in [1.82, 2.24) is 15.1 Å². The number of benzene rings is 1. The van der Waals surface area contributed by atoms with Gasteiger partial charge in [0.1, 0.15) is 5.01 Å². The van der Waals surface area contributed by atoms with Gasteiger partial charge in [-0.25, -0.2) is 0 Å². The molecule has 0 saturated heterocycles. The summed E-state index contributed by atoms with van der Waals surface area (Å²) in [7, 11) is 1.57. The Hall–Kier alpha value is -2.00. The Morgan fingerprint density at radius 1 is 1.24 bits per heavy atom. The molecule has 0 spiro atoms. The molecule has 136 valence electrons. The molecule has 9 heteroatoms. The van der Waals surface area contributed by atoms with Crippen LogP contribution in [-0.4, -0.2) is 40.8 Å². The maximum absolute atomic E-state index is 12.2. The van der Waals surface area contributed by atoms with Gasteiger partial charge in [-0.05, 0) is 31.2 Å². The van der Waals surface area contributed by atoms with E-state index in [1.165, 1.54) is 4.90 Å². The van der Waals surface area contributed by atoms with Gasteiger partial charge in [0, 0.05) is 12.2 Å². The van der Waals surface area contributed by atoms with Gasteiger partial charge in [-0.2, -0.15) is 13.2 Å². The molecule has 0 atom stereocenters. The van der Waals surface area contributed by atoms with Crippen molar-refractivity contribution in [3.8, 4) is 0 Å². The summed E-state index contributed by atoms with van der Waals surface area (Å²) in [5.41, 5.74) is 1.82. The molecule has 25 heavy (non-hydrogen) atoms. The third-order valence-electron chi connectivity index (χ3n) is 3.46. The first-order valence-corrected chi connectivity index (χ1v) is 8.56. The van der Waals surface area contributed by atoms with Gasteiger partial charge in [-0.3, -0.25) is 9.69 Å². The molecule has 2 aromatic rings. The number of carbonyl (C=O) groups excluding carboxylic acids is 1. The van der Waals surface area contributed by atoms with E-state index in [2.05, 4.69) is 15.5 Å². The molecular formula is C16H19F3N4OS. The molecule has 1 N–H and O–H groups in total. The summed E-state index contributed by atoms with van der Waals surface area (Å²) in [4.78, 5) is 13.7. The molecule has 0 bridgehead atoms. The van der Waals surface area contributed by atoms with Crippen LogP contribution in [0.3, 0.4) is 0 Å². The maximum atomic E-state index is 12.2. The van der Waals surface area contributed by atoms with Crippen molar-refractivity contribution in [2.75, 3.05) is 18.9 Å². The molecule has 0 radical (unpaired) electrons. The highest BCUT2D eigenvalue weighted by molar-refractivity contribution is 7.13. The Morgan fingerprint density at radius 2 is 1.92 bits per heavy atom. The van der Waals surface area contributed by atoms with Crippen LogP contribution in [0.25, 0.3) is 0 Å². The molecule has 0 aliphatic carbocycles. The van der Waals surface area contributed by atoms with Gasteiger partial charge >= 0.3 is 6.18 Å². The van der Waals surface area contributed by atoms with E-state index in [0.29, 0.717) is 10.7 Å². The van der Waals surface area contributed by atoms with E-state index in [1.807, 2.05) is 31.2 Å². The summed E-state index contributed by atoms with van der Waals surface area (Å²) in [5, 5.41) is 11.1. The molecule has 1 heterocycles. The van der Waals surface area contributed by atoms with Gasteiger partial charge in [0.15, 0.2) is 0 Å². The number of nitrogens with zero attached hydrogens (tertiary/aromatic N) is 3. The normalized spacial score (nSPS) is 11.8. The molecule has 0 saturated carbocycles. The first-order chi connectivity index (χ1) is 11.8. The van der Waals surface area contributed by atoms with E-state index in [-0.39, 0.29) is 24.0 Å². The summed E-state index contributed by atoms with van der Waals surface area (Å²) >= 11 is 1.07. The molecule has 0 unspecified atom stereocenters. The van der Waals surface area contributed by atoms with Crippen LogP contribution in [0.2, 0.25) is 0 Å². The van der Waals surface area contributed by atoms with Crippen LogP contribution in [0, 0.1) is 0 Å². The molecule has 2 rings (SSSR count). The first-order valence-electron chi connectivity index (χ1n) is 7.75. The predicted octanol–water partition coefficient (Wildman–Crippen LogP) is 3.74. The number of nitrogens with one attached hydrogen (secondary N) is 1. The Morgan fingerprint density at radius 3 is 2.52 bits per heavy atom. The summed E-state index contributed by atoms with van der Waals surface area (Å²) < 4.78 is 36.6.